The predicted octanol–water partition coefficient (Wildman–Crippen LogP) is -2.58. The largest absolute Gasteiger partial charge is 0.480 e. The summed E-state index contributed by atoms with van der Waals surface area (Å²) >= 11 is 8.02. The highest BCUT2D eigenvalue weighted by molar-refractivity contribution is 7.80. The SMILES string of the molecule is CC(C)C(NC(=O)C(CS)NC(=O)C(CCCN=C(N)N)NC(=O)C(N)CS)C(=O)O. The van der Waals surface area contributed by atoms with Crippen LogP contribution in [0.2, 0.25) is 0 Å². The number of thiol groups is 2. The van der Waals surface area contributed by atoms with Crippen molar-refractivity contribution in [2.75, 3.05) is 18.1 Å². The number of nitrogens with one attached hydrogen (secondary N) is 3. The third-order valence-electron chi connectivity index (χ3n) is 4.16. The molecule has 0 heterocycles. The van der Waals surface area contributed by atoms with Gasteiger partial charge in [0.15, 0.2) is 5.96 Å². The van der Waals surface area contributed by atoms with Crippen molar-refractivity contribution in [3.05, 3.63) is 0 Å². The lowest BCUT2D eigenvalue weighted by Crippen LogP contribution is -2.58. The van der Waals surface area contributed by atoms with Crippen LogP contribution in [0, 0.1) is 5.92 Å². The zero-order chi connectivity index (χ0) is 24.1. The number of hydrogen-bond acceptors (Lipinski definition) is 8. The molecular formula is C17H33N7O5S2. The minimum atomic E-state index is -1.20. The summed E-state index contributed by atoms with van der Waals surface area (Å²) in [5.41, 5.74) is 16.2. The molecule has 0 bridgehead atoms. The number of carbonyl (C=O) groups excluding carboxylic acids is 3. The summed E-state index contributed by atoms with van der Waals surface area (Å²) in [4.78, 5) is 52.5. The van der Waals surface area contributed by atoms with Crippen molar-refractivity contribution in [3.63, 3.8) is 0 Å². The number of amides is 3. The van der Waals surface area contributed by atoms with E-state index in [1.807, 2.05) is 0 Å². The fourth-order valence-electron chi connectivity index (χ4n) is 2.37. The number of hydrogen-bond donors (Lipinski definition) is 9. The molecular weight excluding hydrogens is 446 g/mol. The molecule has 31 heavy (non-hydrogen) atoms. The molecule has 12 nitrogen and oxygen atoms in total. The number of nitrogens with zero attached hydrogens (tertiary/aromatic N) is 1. The molecule has 0 aromatic rings. The van der Waals surface area contributed by atoms with Crippen molar-refractivity contribution in [3.8, 4) is 0 Å². The molecule has 0 aliphatic heterocycles. The Balaban J connectivity index is 5.26. The third-order valence-corrected chi connectivity index (χ3v) is 4.92. The summed E-state index contributed by atoms with van der Waals surface area (Å²) in [6, 6.07) is -4.20. The first-order chi connectivity index (χ1) is 14.4. The topological polar surface area (TPSA) is 215 Å². The van der Waals surface area contributed by atoms with Crippen molar-refractivity contribution in [2.45, 2.75) is 50.9 Å². The first kappa shape index (κ1) is 28.8. The summed E-state index contributed by atoms with van der Waals surface area (Å²) in [7, 11) is 0. The van der Waals surface area contributed by atoms with E-state index in [1.54, 1.807) is 13.8 Å². The van der Waals surface area contributed by atoms with Gasteiger partial charge in [0.1, 0.15) is 18.1 Å². The Hall–Kier alpha value is -2.19. The monoisotopic (exact) mass is 479 g/mol. The van der Waals surface area contributed by atoms with Crippen LogP contribution in [0.1, 0.15) is 26.7 Å². The van der Waals surface area contributed by atoms with Gasteiger partial charge in [-0.15, -0.1) is 0 Å². The van der Waals surface area contributed by atoms with E-state index in [0.29, 0.717) is 6.42 Å². The van der Waals surface area contributed by atoms with Crippen LogP contribution in [0.15, 0.2) is 4.99 Å². The molecule has 10 N–H and O–H groups in total. The second-order valence-corrected chi connectivity index (χ2v) is 7.84. The number of aliphatic imine (C=N–C) groups is 1. The molecule has 0 saturated carbocycles. The lowest BCUT2D eigenvalue weighted by atomic mass is 10.0. The molecule has 0 spiro atoms. The molecule has 0 rings (SSSR count). The van der Waals surface area contributed by atoms with Crippen LogP contribution in [-0.4, -0.2) is 77.0 Å². The molecule has 4 unspecified atom stereocenters. The summed E-state index contributed by atoms with van der Waals surface area (Å²) < 4.78 is 0. The van der Waals surface area contributed by atoms with Crippen LogP contribution < -0.4 is 33.2 Å². The second kappa shape index (κ2) is 14.8. The van der Waals surface area contributed by atoms with E-state index in [-0.39, 0.29) is 36.3 Å². The molecule has 0 aromatic heterocycles. The zero-order valence-electron chi connectivity index (χ0n) is 17.6. The van der Waals surface area contributed by atoms with Crippen molar-refractivity contribution in [1.29, 1.82) is 0 Å². The van der Waals surface area contributed by atoms with E-state index in [2.05, 4.69) is 46.2 Å². The molecule has 0 aliphatic carbocycles. The normalized spacial score (nSPS) is 14.6. The molecule has 3 amide bonds. The molecule has 4 atom stereocenters. The Bertz CT molecular complexity index is 659. The van der Waals surface area contributed by atoms with Gasteiger partial charge in [-0.2, -0.15) is 25.3 Å². The highest BCUT2D eigenvalue weighted by atomic mass is 32.1. The van der Waals surface area contributed by atoms with Crippen molar-refractivity contribution in [1.82, 2.24) is 16.0 Å². The van der Waals surface area contributed by atoms with Gasteiger partial charge in [0.25, 0.3) is 0 Å². The molecule has 14 heteroatoms. The Morgan fingerprint density at radius 1 is 0.935 bits per heavy atom. The Morgan fingerprint density at radius 2 is 1.48 bits per heavy atom. The smallest absolute Gasteiger partial charge is 0.326 e. The van der Waals surface area contributed by atoms with Gasteiger partial charge in [-0.25, -0.2) is 4.79 Å². The van der Waals surface area contributed by atoms with Gasteiger partial charge in [0.2, 0.25) is 17.7 Å². The van der Waals surface area contributed by atoms with Crippen LogP contribution in [0.3, 0.4) is 0 Å². The van der Waals surface area contributed by atoms with Gasteiger partial charge in [0, 0.05) is 18.1 Å². The summed E-state index contributed by atoms with van der Waals surface area (Å²) in [5.74, 6) is -3.64. The summed E-state index contributed by atoms with van der Waals surface area (Å²) in [5, 5.41) is 16.6. The lowest BCUT2D eigenvalue weighted by molar-refractivity contribution is -0.143. The fraction of sp³-hybridized carbons (Fsp3) is 0.706. The Labute approximate surface area is 192 Å². The number of carboxylic acids is 1. The Morgan fingerprint density at radius 3 is 1.94 bits per heavy atom. The molecule has 0 radical (unpaired) electrons. The zero-order valence-corrected chi connectivity index (χ0v) is 19.4. The maximum Gasteiger partial charge on any atom is 0.326 e. The van der Waals surface area contributed by atoms with E-state index in [0.717, 1.165) is 0 Å². The number of carbonyl (C=O) groups is 4. The van der Waals surface area contributed by atoms with Crippen LogP contribution >= 0.6 is 25.3 Å². The molecule has 178 valence electrons. The van der Waals surface area contributed by atoms with E-state index >= 15 is 0 Å². The van der Waals surface area contributed by atoms with Gasteiger partial charge in [-0.05, 0) is 18.8 Å². The molecule has 0 aliphatic rings. The number of aliphatic carboxylic acids is 1. The number of guanidine groups is 1. The van der Waals surface area contributed by atoms with Crippen LogP contribution in [0.5, 0.6) is 0 Å². The number of carboxylic acid groups (broad SMARTS) is 1. The maximum absolute atomic E-state index is 12.7. The van der Waals surface area contributed by atoms with Crippen molar-refractivity contribution >= 4 is 54.9 Å². The minimum Gasteiger partial charge on any atom is -0.480 e. The van der Waals surface area contributed by atoms with Gasteiger partial charge < -0.3 is 38.3 Å². The third kappa shape index (κ3) is 11.1. The van der Waals surface area contributed by atoms with E-state index in [1.165, 1.54) is 0 Å². The molecule has 0 fully saturated rings. The molecule has 0 aromatic carbocycles. The van der Waals surface area contributed by atoms with Crippen LogP contribution in [-0.2, 0) is 19.2 Å². The van der Waals surface area contributed by atoms with Crippen LogP contribution in [0.4, 0.5) is 0 Å². The first-order valence-electron chi connectivity index (χ1n) is 9.61. The average Bonchev–Trinajstić information content (AvgIpc) is 2.70. The van der Waals surface area contributed by atoms with Crippen molar-refractivity contribution in [2.24, 2.45) is 28.1 Å². The minimum absolute atomic E-state index is 0.0711. The predicted molar refractivity (Wildman–Crippen MR) is 124 cm³/mol. The highest BCUT2D eigenvalue weighted by Crippen LogP contribution is 2.05. The van der Waals surface area contributed by atoms with Crippen LogP contribution in [0.25, 0.3) is 0 Å². The van der Waals surface area contributed by atoms with Gasteiger partial charge >= 0.3 is 5.97 Å². The second-order valence-electron chi connectivity index (χ2n) is 7.11. The van der Waals surface area contributed by atoms with Crippen molar-refractivity contribution < 1.29 is 24.3 Å². The Kier molecular flexibility index (Phi) is 13.7. The van der Waals surface area contributed by atoms with E-state index < -0.39 is 47.9 Å². The van der Waals surface area contributed by atoms with E-state index in [4.69, 9.17) is 17.2 Å². The molecule has 0 saturated heterocycles. The number of rotatable bonds is 14. The van der Waals surface area contributed by atoms with Gasteiger partial charge in [-0.1, -0.05) is 13.8 Å². The fourth-order valence-corrected chi connectivity index (χ4v) is 2.79. The average molecular weight is 480 g/mol. The van der Waals surface area contributed by atoms with Gasteiger partial charge in [0.05, 0.1) is 6.04 Å². The highest BCUT2D eigenvalue weighted by Gasteiger charge is 2.30. The summed E-state index contributed by atoms with van der Waals surface area (Å²) in [6.45, 7) is 3.51. The maximum atomic E-state index is 12.7. The summed E-state index contributed by atoms with van der Waals surface area (Å²) in [6.07, 6.45) is 0.525. The first-order valence-corrected chi connectivity index (χ1v) is 10.9. The van der Waals surface area contributed by atoms with Gasteiger partial charge in [-0.3, -0.25) is 19.4 Å². The quantitative estimate of drug-likeness (QED) is 0.0557. The van der Waals surface area contributed by atoms with E-state index in [9.17, 15) is 24.3 Å². The number of nitrogens with two attached hydrogens (primary N) is 3. The lowest BCUT2D eigenvalue weighted by Gasteiger charge is -2.25. The standard InChI is InChI=1S/C17H33N7O5S2/c1-8(2)12(16(28)29)24-15(27)11(7-31)23-14(26)10(4-3-5-21-17(19)20)22-13(25)9(18)6-30/h8-12,30-31H,3-7,18H2,1-2H3,(H,22,25)(H,23,26)(H,24,27)(H,28,29)(H4,19,20,21).